The van der Waals surface area contributed by atoms with Crippen LogP contribution in [0.1, 0.15) is 20.8 Å². The van der Waals surface area contributed by atoms with Gasteiger partial charge in [-0.25, -0.2) is 4.79 Å². The first kappa shape index (κ1) is 16.0. The number of amides is 1. The Labute approximate surface area is 127 Å². The van der Waals surface area contributed by atoms with Crippen LogP contribution in [0.3, 0.4) is 0 Å². The smallest absolute Gasteiger partial charge is 0.471 e. The molecular formula is C14H10F3NO3S. The van der Waals surface area contributed by atoms with Crippen molar-refractivity contribution in [3.8, 4) is 0 Å². The molecule has 1 heterocycles. The van der Waals surface area contributed by atoms with E-state index in [1.165, 1.54) is 6.07 Å². The van der Waals surface area contributed by atoms with Crippen LogP contribution in [-0.2, 0) is 11.2 Å². The van der Waals surface area contributed by atoms with Gasteiger partial charge in [-0.15, -0.1) is 11.3 Å². The van der Waals surface area contributed by atoms with Gasteiger partial charge in [-0.2, -0.15) is 13.2 Å². The Hall–Kier alpha value is -2.35. The van der Waals surface area contributed by atoms with Gasteiger partial charge in [0.25, 0.3) is 0 Å². The van der Waals surface area contributed by atoms with Crippen molar-refractivity contribution in [1.29, 1.82) is 0 Å². The van der Waals surface area contributed by atoms with Gasteiger partial charge in [-0.05, 0) is 11.6 Å². The van der Waals surface area contributed by atoms with Crippen molar-refractivity contribution in [3.05, 3.63) is 52.4 Å². The van der Waals surface area contributed by atoms with Crippen molar-refractivity contribution < 1.29 is 27.9 Å². The number of thiophene rings is 1. The standard InChI is InChI=1S/C14H10F3NO3S/c15-14(16,17)13(21)18-11-10(12(19)20)7-9(22-11)6-8-4-2-1-3-5-8/h1-5,7H,6H2,(H,18,21)(H,19,20). The second-order valence-corrected chi connectivity index (χ2v) is 5.51. The zero-order valence-corrected chi connectivity index (χ0v) is 11.8. The molecule has 2 rings (SSSR count). The molecule has 0 aliphatic carbocycles. The summed E-state index contributed by atoms with van der Waals surface area (Å²) in [7, 11) is 0. The fourth-order valence-corrected chi connectivity index (χ4v) is 2.83. The molecule has 22 heavy (non-hydrogen) atoms. The quantitative estimate of drug-likeness (QED) is 0.902. The zero-order valence-electron chi connectivity index (χ0n) is 11.0. The highest BCUT2D eigenvalue weighted by molar-refractivity contribution is 7.16. The van der Waals surface area contributed by atoms with E-state index in [0.717, 1.165) is 16.9 Å². The number of nitrogens with one attached hydrogen (secondary N) is 1. The molecule has 0 spiro atoms. The highest BCUT2D eigenvalue weighted by Crippen LogP contribution is 2.31. The van der Waals surface area contributed by atoms with Crippen molar-refractivity contribution in [2.24, 2.45) is 0 Å². The third-order valence-electron chi connectivity index (χ3n) is 2.72. The number of hydrogen-bond donors (Lipinski definition) is 2. The normalized spacial score (nSPS) is 11.2. The lowest BCUT2D eigenvalue weighted by Crippen LogP contribution is -2.30. The van der Waals surface area contributed by atoms with E-state index in [9.17, 15) is 22.8 Å². The minimum Gasteiger partial charge on any atom is -0.478 e. The molecule has 0 unspecified atom stereocenters. The molecule has 1 aromatic carbocycles. The molecule has 0 saturated carbocycles. The van der Waals surface area contributed by atoms with E-state index in [2.05, 4.69) is 0 Å². The second-order valence-electron chi connectivity index (χ2n) is 4.37. The molecule has 4 nitrogen and oxygen atoms in total. The number of halogens is 3. The van der Waals surface area contributed by atoms with Crippen LogP contribution in [-0.4, -0.2) is 23.2 Å². The number of carboxylic acids is 1. The van der Waals surface area contributed by atoms with Crippen LogP contribution >= 0.6 is 11.3 Å². The number of carboxylic acid groups (broad SMARTS) is 1. The first-order valence-corrected chi connectivity index (χ1v) is 6.87. The lowest BCUT2D eigenvalue weighted by Gasteiger charge is -2.06. The van der Waals surface area contributed by atoms with E-state index < -0.39 is 18.1 Å². The minimum absolute atomic E-state index is 0.319. The van der Waals surface area contributed by atoms with Gasteiger partial charge in [0.2, 0.25) is 0 Å². The molecule has 2 aromatic rings. The summed E-state index contributed by atoms with van der Waals surface area (Å²) in [5.74, 6) is -3.59. The summed E-state index contributed by atoms with van der Waals surface area (Å²) in [6.45, 7) is 0. The van der Waals surface area contributed by atoms with E-state index in [4.69, 9.17) is 5.11 Å². The van der Waals surface area contributed by atoms with Crippen LogP contribution in [0.25, 0.3) is 0 Å². The first-order chi connectivity index (χ1) is 10.3. The van der Waals surface area contributed by atoms with Crippen molar-refractivity contribution in [1.82, 2.24) is 0 Å². The number of anilines is 1. The number of alkyl halides is 3. The summed E-state index contributed by atoms with van der Waals surface area (Å²) >= 11 is 0.814. The van der Waals surface area contributed by atoms with Crippen LogP contribution < -0.4 is 5.32 Å². The lowest BCUT2D eigenvalue weighted by atomic mass is 10.1. The summed E-state index contributed by atoms with van der Waals surface area (Å²) in [5.41, 5.74) is 0.530. The maximum atomic E-state index is 12.3. The maximum Gasteiger partial charge on any atom is 0.471 e. The average molecular weight is 329 g/mol. The second kappa shape index (κ2) is 6.18. The van der Waals surface area contributed by atoms with Gasteiger partial charge in [0.05, 0.1) is 5.56 Å². The molecule has 0 saturated heterocycles. The topological polar surface area (TPSA) is 66.4 Å². The molecule has 8 heteroatoms. The van der Waals surface area contributed by atoms with Gasteiger partial charge in [0.15, 0.2) is 0 Å². The Morgan fingerprint density at radius 3 is 2.36 bits per heavy atom. The molecule has 1 aromatic heterocycles. The Morgan fingerprint density at radius 2 is 1.82 bits per heavy atom. The Balaban J connectivity index is 2.26. The SMILES string of the molecule is O=C(O)c1cc(Cc2ccccc2)sc1NC(=O)C(F)(F)F. The summed E-state index contributed by atoms with van der Waals surface area (Å²) in [6.07, 6.45) is -4.70. The van der Waals surface area contributed by atoms with E-state index in [-0.39, 0.29) is 10.6 Å². The molecule has 1 amide bonds. The summed E-state index contributed by atoms with van der Waals surface area (Å²) in [5, 5.41) is 10.3. The number of aromatic carboxylic acids is 1. The van der Waals surface area contributed by atoms with Gasteiger partial charge >= 0.3 is 18.1 Å². The maximum absolute atomic E-state index is 12.3. The molecule has 0 atom stereocenters. The van der Waals surface area contributed by atoms with Crippen LogP contribution in [0.4, 0.5) is 18.2 Å². The van der Waals surface area contributed by atoms with Gasteiger partial charge < -0.3 is 10.4 Å². The molecule has 116 valence electrons. The molecule has 2 N–H and O–H groups in total. The van der Waals surface area contributed by atoms with Crippen LogP contribution in [0.5, 0.6) is 0 Å². The van der Waals surface area contributed by atoms with Crippen molar-refractivity contribution in [2.75, 3.05) is 5.32 Å². The third kappa shape index (κ3) is 3.85. The molecule has 0 radical (unpaired) electrons. The molecule has 0 bridgehead atoms. The highest BCUT2D eigenvalue weighted by atomic mass is 32.1. The van der Waals surface area contributed by atoms with E-state index >= 15 is 0 Å². The van der Waals surface area contributed by atoms with Crippen LogP contribution in [0.15, 0.2) is 36.4 Å². The molecular weight excluding hydrogens is 319 g/mol. The van der Waals surface area contributed by atoms with Crippen molar-refractivity contribution >= 4 is 28.2 Å². The third-order valence-corrected chi connectivity index (χ3v) is 3.77. The highest BCUT2D eigenvalue weighted by Gasteiger charge is 2.39. The van der Waals surface area contributed by atoms with Crippen molar-refractivity contribution in [2.45, 2.75) is 12.6 Å². The Kier molecular flexibility index (Phi) is 4.51. The van der Waals surface area contributed by atoms with Gasteiger partial charge in [-0.3, -0.25) is 4.79 Å². The predicted octanol–water partition coefficient (Wildman–Crippen LogP) is 3.54. The molecule has 0 fully saturated rings. The summed E-state index contributed by atoms with van der Waals surface area (Å²) in [4.78, 5) is 22.6. The number of rotatable bonds is 4. The largest absolute Gasteiger partial charge is 0.478 e. The fourth-order valence-electron chi connectivity index (χ4n) is 1.75. The summed E-state index contributed by atoms with van der Waals surface area (Å²) < 4.78 is 36.8. The number of benzene rings is 1. The van der Waals surface area contributed by atoms with Crippen LogP contribution in [0, 0.1) is 0 Å². The summed E-state index contributed by atoms with van der Waals surface area (Å²) in [6, 6.07) is 10.3. The average Bonchev–Trinajstić information content (AvgIpc) is 2.81. The molecule has 0 aliphatic rings. The minimum atomic E-state index is -5.07. The van der Waals surface area contributed by atoms with E-state index in [1.807, 2.05) is 18.2 Å². The van der Waals surface area contributed by atoms with Gasteiger partial charge in [0, 0.05) is 11.3 Å². The Bertz CT molecular complexity index is 695. The zero-order chi connectivity index (χ0) is 16.3. The first-order valence-electron chi connectivity index (χ1n) is 6.05. The fraction of sp³-hybridized carbons (Fsp3) is 0.143. The van der Waals surface area contributed by atoms with E-state index in [0.29, 0.717) is 11.3 Å². The lowest BCUT2D eigenvalue weighted by molar-refractivity contribution is -0.167. The number of hydrogen-bond acceptors (Lipinski definition) is 3. The monoisotopic (exact) mass is 329 g/mol. The number of carbonyl (C=O) groups is 2. The van der Waals surface area contributed by atoms with Crippen LogP contribution in [0.2, 0.25) is 0 Å². The molecule has 0 aliphatic heterocycles. The number of carbonyl (C=O) groups excluding carboxylic acids is 1. The predicted molar refractivity (Wildman–Crippen MR) is 75.2 cm³/mol. The van der Waals surface area contributed by atoms with Crippen molar-refractivity contribution in [3.63, 3.8) is 0 Å². The van der Waals surface area contributed by atoms with E-state index in [1.54, 1.807) is 17.4 Å². The van der Waals surface area contributed by atoms with Gasteiger partial charge in [0.1, 0.15) is 5.00 Å². The Morgan fingerprint density at radius 1 is 1.18 bits per heavy atom. The van der Waals surface area contributed by atoms with Gasteiger partial charge in [-0.1, -0.05) is 30.3 Å².